The molecule has 15 heavy (non-hydrogen) atoms. The molecular weight excluding hydrogens is 182 g/mol. The Morgan fingerprint density at radius 2 is 1.47 bits per heavy atom. The van der Waals surface area contributed by atoms with Crippen molar-refractivity contribution in [2.75, 3.05) is 0 Å². The van der Waals surface area contributed by atoms with Crippen LogP contribution in [0.5, 0.6) is 0 Å². The number of allylic oxidation sites excluding steroid dienone is 2. The lowest BCUT2D eigenvalue weighted by Crippen LogP contribution is -2.28. The Morgan fingerprint density at radius 1 is 1.00 bits per heavy atom. The summed E-state index contributed by atoms with van der Waals surface area (Å²) >= 11 is 0. The fraction of sp³-hybridized carbons (Fsp3) is 0.643. The number of rotatable bonds is 2. The summed E-state index contributed by atoms with van der Waals surface area (Å²) in [6.07, 6.45) is 3.80. The third-order valence-corrected chi connectivity index (χ3v) is 2.28. The first kappa shape index (κ1) is 14.2. The maximum absolute atomic E-state index is 4.45. The Morgan fingerprint density at radius 3 is 1.67 bits per heavy atom. The fourth-order valence-electron chi connectivity index (χ4n) is 1.68. The van der Waals surface area contributed by atoms with Crippen molar-refractivity contribution >= 4 is 5.71 Å². The van der Waals surface area contributed by atoms with E-state index in [2.05, 4.69) is 66.1 Å². The summed E-state index contributed by atoms with van der Waals surface area (Å²) in [5, 5.41) is 0. The maximum Gasteiger partial charge on any atom is 0.0490 e. The molecule has 0 fully saturated rings. The third kappa shape index (κ3) is 4.03. The number of aliphatic imine (C=N–C) groups is 1. The molecule has 1 heteroatoms. The number of nitrogens with zero attached hydrogens (tertiary/aromatic N) is 1. The van der Waals surface area contributed by atoms with E-state index in [1.165, 1.54) is 5.57 Å². The minimum atomic E-state index is 0.0588. The molecule has 0 N–H and O–H groups in total. The van der Waals surface area contributed by atoms with Gasteiger partial charge in [-0.3, -0.25) is 4.99 Å². The molecule has 0 aliphatic rings. The van der Waals surface area contributed by atoms with Gasteiger partial charge in [0.1, 0.15) is 0 Å². The van der Waals surface area contributed by atoms with E-state index < -0.39 is 0 Å². The second-order valence-electron chi connectivity index (χ2n) is 5.86. The first-order valence-electron chi connectivity index (χ1n) is 5.51. The van der Waals surface area contributed by atoms with Crippen LogP contribution in [0.4, 0.5) is 0 Å². The van der Waals surface area contributed by atoms with Gasteiger partial charge >= 0.3 is 0 Å². The van der Waals surface area contributed by atoms with Crippen molar-refractivity contribution in [2.24, 2.45) is 15.8 Å². The molecule has 0 bridgehead atoms. The Kier molecular flexibility index (Phi) is 4.51. The molecule has 86 valence electrons. The minimum absolute atomic E-state index is 0.0588. The molecule has 0 amide bonds. The van der Waals surface area contributed by atoms with Gasteiger partial charge in [-0.15, -0.1) is 0 Å². The monoisotopic (exact) mass is 207 g/mol. The van der Waals surface area contributed by atoms with Gasteiger partial charge in [0, 0.05) is 17.3 Å². The predicted octanol–water partition coefficient (Wildman–Crippen LogP) is 4.61. The molecule has 0 unspecified atom stereocenters. The second-order valence-corrected chi connectivity index (χ2v) is 5.86. The zero-order valence-electron chi connectivity index (χ0n) is 11.3. The van der Waals surface area contributed by atoms with E-state index >= 15 is 0 Å². The molecule has 0 radical (unpaired) electrons. The third-order valence-electron chi connectivity index (χ3n) is 2.28. The Bertz CT molecular complexity index is 279. The van der Waals surface area contributed by atoms with Gasteiger partial charge in [0.25, 0.3) is 0 Å². The quantitative estimate of drug-likeness (QED) is 0.586. The number of hydrogen-bond donors (Lipinski definition) is 0. The Balaban J connectivity index is 5.48. The van der Waals surface area contributed by atoms with Crippen molar-refractivity contribution in [3.8, 4) is 0 Å². The molecule has 0 atom stereocenters. The zero-order chi connectivity index (χ0) is 12.3. The Hall–Kier alpha value is -0.850. The van der Waals surface area contributed by atoms with Crippen molar-refractivity contribution in [2.45, 2.75) is 48.5 Å². The smallest absolute Gasteiger partial charge is 0.0490 e. The first-order chi connectivity index (χ1) is 6.64. The highest BCUT2D eigenvalue weighted by Gasteiger charge is 2.28. The van der Waals surface area contributed by atoms with Crippen LogP contribution in [-0.4, -0.2) is 5.71 Å². The molecule has 0 aliphatic carbocycles. The van der Waals surface area contributed by atoms with Crippen molar-refractivity contribution < 1.29 is 0 Å². The number of hydrogen-bond acceptors (Lipinski definition) is 1. The molecular formula is C14H25N. The van der Waals surface area contributed by atoms with E-state index in [9.17, 15) is 0 Å². The van der Waals surface area contributed by atoms with Crippen molar-refractivity contribution in [3.05, 3.63) is 24.4 Å². The van der Waals surface area contributed by atoms with Gasteiger partial charge in [-0.2, -0.15) is 0 Å². The van der Waals surface area contributed by atoms with E-state index in [-0.39, 0.29) is 10.8 Å². The van der Waals surface area contributed by atoms with Gasteiger partial charge < -0.3 is 0 Å². The van der Waals surface area contributed by atoms with Crippen LogP contribution in [0.1, 0.15) is 48.5 Å². The summed E-state index contributed by atoms with van der Waals surface area (Å²) in [6, 6.07) is 0. The highest BCUT2D eigenvalue weighted by atomic mass is 14.7. The SMILES string of the molecule is C=C/N=C(\C(=C/C)C(C)(C)C)C(C)(C)C. The lowest BCUT2D eigenvalue weighted by molar-refractivity contribution is 0.500. The van der Waals surface area contributed by atoms with E-state index in [4.69, 9.17) is 0 Å². The normalized spacial score (nSPS) is 15.4. The van der Waals surface area contributed by atoms with Gasteiger partial charge in [-0.05, 0) is 17.9 Å². The van der Waals surface area contributed by atoms with Gasteiger partial charge in [0.05, 0.1) is 0 Å². The fourth-order valence-corrected chi connectivity index (χ4v) is 1.68. The largest absolute Gasteiger partial charge is 0.261 e. The van der Waals surface area contributed by atoms with Crippen molar-refractivity contribution in [1.82, 2.24) is 0 Å². The lowest BCUT2D eigenvalue weighted by atomic mass is 9.75. The molecule has 0 aromatic rings. The van der Waals surface area contributed by atoms with Crippen LogP contribution in [0.25, 0.3) is 0 Å². The topological polar surface area (TPSA) is 12.4 Å². The van der Waals surface area contributed by atoms with Crippen LogP contribution >= 0.6 is 0 Å². The molecule has 1 nitrogen and oxygen atoms in total. The molecule has 0 aromatic carbocycles. The van der Waals surface area contributed by atoms with E-state index in [1.807, 2.05) is 0 Å². The van der Waals surface area contributed by atoms with Crippen LogP contribution in [0.15, 0.2) is 29.4 Å². The average molecular weight is 207 g/mol. The van der Waals surface area contributed by atoms with E-state index in [0.717, 1.165) is 5.71 Å². The van der Waals surface area contributed by atoms with Crippen molar-refractivity contribution in [3.63, 3.8) is 0 Å². The summed E-state index contributed by atoms with van der Waals surface area (Å²) in [6.45, 7) is 19.0. The second kappa shape index (κ2) is 4.78. The van der Waals surface area contributed by atoms with Gasteiger partial charge in [-0.1, -0.05) is 54.2 Å². The molecule has 0 spiro atoms. The van der Waals surface area contributed by atoms with Crippen LogP contribution < -0.4 is 0 Å². The van der Waals surface area contributed by atoms with Crippen LogP contribution in [0.3, 0.4) is 0 Å². The zero-order valence-corrected chi connectivity index (χ0v) is 11.3. The highest BCUT2D eigenvalue weighted by Crippen LogP contribution is 2.33. The summed E-state index contributed by atoms with van der Waals surface area (Å²) in [5.41, 5.74) is 2.62. The Labute approximate surface area is 95.0 Å². The highest BCUT2D eigenvalue weighted by molar-refractivity contribution is 6.04. The standard InChI is InChI=1S/C14H25N/c1-9-11(13(3,4)5)12(15-10-2)14(6,7)8/h9-10H,2H2,1,3-8H3/b11-9+,15-12+. The molecule has 0 aliphatic heterocycles. The molecule has 0 rings (SSSR count). The summed E-state index contributed by atoms with van der Waals surface area (Å²) < 4.78 is 0. The maximum atomic E-state index is 4.45. The van der Waals surface area contributed by atoms with Gasteiger partial charge in [-0.25, -0.2) is 0 Å². The molecule has 0 saturated carbocycles. The minimum Gasteiger partial charge on any atom is -0.261 e. The van der Waals surface area contributed by atoms with Gasteiger partial charge in [0.2, 0.25) is 0 Å². The summed E-state index contributed by atoms with van der Waals surface area (Å²) in [7, 11) is 0. The van der Waals surface area contributed by atoms with Crippen LogP contribution in [0, 0.1) is 10.8 Å². The van der Waals surface area contributed by atoms with Crippen molar-refractivity contribution in [1.29, 1.82) is 0 Å². The van der Waals surface area contributed by atoms with E-state index in [1.54, 1.807) is 6.20 Å². The molecule has 0 saturated heterocycles. The first-order valence-corrected chi connectivity index (χ1v) is 5.51. The average Bonchev–Trinajstić information content (AvgIpc) is 2.00. The molecule has 0 heterocycles. The van der Waals surface area contributed by atoms with Crippen LogP contribution in [-0.2, 0) is 0 Å². The lowest BCUT2D eigenvalue weighted by Gasteiger charge is -2.31. The van der Waals surface area contributed by atoms with Gasteiger partial charge in [0.15, 0.2) is 0 Å². The molecule has 0 aromatic heterocycles. The predicted molar refractivity (Wildman–Crippen MR) is 70.3 cm³/mol. The van der Waals surface area contributed by atoms with E-state index in [0.29, 0.717) is 0 Å². The summed E-state index contributed by atoms with van der Waals surface area (Å²) in [4.78, 5) is 4.45. The summed E-state index contributed by atoms with van der Waals surface area (Å²) in [5.74, 6) is 0. The van der Waals surface area contributed by atoms with Crippen LogP contribution in [0.2, 0.25) is 0 Å².